The molecule has 4 heteroatoms. The van der Waals surface area contributed by atoms with Crippen molar-refractivity contribution < 1.29 is 13.3 Å². The van der Waals surface area contributed by atoms with Crippen molar-refractivity contribution in [2.75, 3.05) is 20.8 Å². The maximum absolute atomic E-state index is 5.98. The molecule has 0 fully saturated rings. The molecule has 19 heavy (non-hydrogen) atoms. The average Bonchev–Trinajstić information content (AvgIpc) is 2.45. The third kappa shape index (κ3) is 9.60. The first kappa shape index (κ1) is 19.1. The Kier molecular flexibility index (Phi) is 13.2. The molecule has 0 unspecified atom stereocenters. The summed E-state index contributed by atoms with van der Waals surface area (Å²) in [7, 11) is 1.10. The van der Waals surface area contributed by atoms with E-state index in [0.29, 0.717) is 0 Å². The topological polar surface area (TPSA) is 27.7 Å². The lowest BCUT2D eigenvalue weighted by Crippen LogP contribution is -2.44. The van der Waals surface area contributed by atoms with Crippen LogP contribution in [-0.2, 0) is 13.3 Å². The van der Waals surface area contributed by atoms with Crippen LogP contribution >= 0.6 is 0 Å². The van der Waals surface area contributed by atoms with Crippen LogP contribution < -0.4 is 0 Å². The van der Waals surface area contributed by atoms with Gasteiger partial charge in [-0.3, -0.25) is 0 Å². The highest BCUT2D eigenvalue weighted by Crippen LogP contribution is 2.19. The molecule has 0 amide bonds. The fraction of sp³-hybridized carbons (Fsp3) is 1.00. The van der Waals surface area contributed by atoms with E-state index in [1.807, 2.05) is 0 Å². The lowest BCUT2D eigenvalue weighted by atomic mass is 10.2. The van der Waals surface area contributed by atoms with Crippen LogP contribution in [0, 0.1) is 0 Å². The predicted octanol–water partition coefficient (Wildman–Crippen LogP) is 4.79. The highest BCUT2D eigenvalue weighted by molar-refractivity contribution is 6.60. The Morgan fingerprint density at radius 2 is 1.21 bits per heavy atom. The second-order valence-corrected chi connectivity index (χ2v) is 8.14. The van der Waals surface area contributed by atoms with Crippen LogP contribution in [0.1, 0.15) is 71.6 Å². The summed E-state index contributed by atoms with van der Waals surface area (Å²) in [6, 6.07) is 0.953. The number of hydrogen-bond acceptors (Lipinski definition) is 3. The minimum absolute atomic E-state index is 0.783. The van der Waals surface area contributed by atoms with Gasteiger partial charge in [0.15, 0.2) is 0 Å². The average molecular weight is 291 g/mol. The van der Waals surface area contributed by atoms with E-state index in [4.69, 9.17) is 13.3 Å². The highest BCUT2D eigenvalue weighted by Gasteiger charge is 2.37. The SMILES string of the molecule is CCCCCCCO[Si](CCCCCC)(OC)OC. The van der Waals surface area contributed by atoms with Gasteiger partial charge >= 0.3 is 8.80 Å². The van der Waals surface area contributed by atoms with Gasteiger partial charge in [-0.1, -0.05) is 58.8 Å². The molecule has 0 heterocycles. The van der Waals surface area contributed by atoms with E-state index in [2.05, 4.69) is 13.8 Å². The van der Waals surface area contributed by atoms with Crippen molar-refractivity contribution in [3.05, 3.63) is 0 Å². The van der Waals surface area contributed by atoms with E-state index in [1.165, 1.54) is 44.9 Å². The summed E-state index contributed by atoms with van der Waals surface area (Å²) < 4.78 is 17.2. The van der Waals surface area contributed by atoms with Gasteiger partial charge in [-0.15, -0.1) is 0 Å². The first-order chi connectivity index (χ1) is 9.24. The zero-order chi connectivity index (χ0) is 14.4. The van der Waals surface area contributed by atoms with Gasteiger partial charge < -0.3 is 13.3 Å². The Bertz CT molecular complexity index is 184. The zero-order valence-electron chi connectivity index (χ0n) is 13.5. The zero-order valence-corrected chi connectivity index (χ0v) is 14.5. The molecule has 0 aliphatic rings. The van der Waals surface area contributed by atoms with Crippen LogP contribution in [0.3, 0.4) is 0 Å². The molecule has 0 spiro atoms. The minimum Gasteiger partial charge on any atom is -0.377 e. The molecule has 0 rings (SSSR count). The van der Waals surface area contributed by atoms with Crippen LogP contribution in [0.15, 0.2) is 0 Å². The summed E-state index contributed by atoms with van der Waals surface area (Å²) in [4.78, 5) is 0. The maximum atomic E-state index is 5.98. The van der Waals surface area contributed by atoms with Gasteiger partial charge in [-0.25, -0.2) is 0 Å². The third-order valence-electron chi connectivity index (χ3n) is 3.53. The van der Waals surface area contributed by atoms with Crippen LogP contribution in [0.2, 0.25) is 6.04 Å². The Labute approximate surface area is 121 Å². The molecular weight excluding hydrogens is 256 g/mol. The van der Waals surface area contributed by atoms with Gasteiger partial charge in [-0.05, 0) is 12.8 Å². The molecule has 3 nitrogen and oxygen atoms in total. The lowest BCUT2D eigenvalue weighted by molar-refractivity contribution is 0.0955. The van der Waals surface area contributed by atoms with Crippen molar-refractivity contribution in [1.82, 2.24) is 0 Å². The largest absolute Gasteiger partial charge is 0.500 e. The summed E-state index contributed by atoms with van der Waals surface area (Å²) in [6.07, 6.45) is 11.2. The Balaban J connectivity index is 3.81. The van der Waals surface area contributed by atoms with E-state index in [0.717, 1.165) is 25.5 Å². The number of rotatable bonds is 14. The molecular formula is C15H34O3Si. The highest BCUT2D eigenvalue weighted by atomic mass is 28.4. The third-order valence-corrected chi connectivity index (χ3v) is 6.38. The summed E-state index contributed by atoms with van der Waals surface area (Å²) in [5.74, 6) is 0. The molecule has 0 saturated carbocycles. The summed E-state index contributed by atoms with van der Waals surface area (Å²) in [5.41, 5.74) is 0. The Morgan fingerprint density at radius 3 is 1.74 bits per heavy atom. The van der Waals surface area contributed by atoms with E-state index < -0.39 is 8.80 Å². The van der Waals surface area contributed by atoms with Crippen LogP contribution in [0.5, 0.6) is 0 Å². The molecule has 0 aromatic heterocycles. The molecule has 0 bridgehead atoms. The van der Waals surface area contributed by atoms with Gasteiger partial charge in [-0.2, -0.15) is 0 Å². The Hall–Kier alpha value is 0.0969. The first-order valence-electron chi connectivity index (χ1n) is 7.99. The van der Waals surface area contributed by atoms with Crippen LogP contribution in [0.25, 0.3) is 0 Å². The molecule has 116 valence electrons. The van der Waals surface area contributed by atoms with Crippen molar-refractivity contribution in [3.63, 3.8) is 0 Å². The van der Waals surface area contributed by atoms with Gasteiger partial charge in [0.05, 0.1) is 0 Å². The van der Waals surface area contributed by atoms with Crippen molar-refractivity contribution in [3.8, 4) is 0 Å². The summed E-state index contributed by atoms with van der Waals surface area (Å²) in [6.45, 7) is 5.25. The van der Waals surface area contributed by atoms with Gasteiger partial charge in [0.1, 0.15) is 0 Å². The van der Waals surface area contributed by atoms with Crippen molar-refractivity contribution in [1.29, 1.82) is 0 Å². The number of hydrogen-bond donors (Lipinski definition) is 0. The fourth-order valence-electron chi connectivity index (χ4n) is 2.18. The van der Waals surface area contributed by atoms with Crippen LogP contribution in [0.4, 0.5) is 0 Å². The second-order valence-electron chi connectivity index (χ2n) is 5.16. The Morgan fingerprint density at radius 1 is 0.684 bits per heavy atom. The van der Waals surface area contributed by atoms with E-state index in [9.17, 15) is 0 Å². The predicted molar refractivity (Wildman–Crippen MR) is 83.4 cm³/mol. The van der Waals surface area contributed by atoms with E-state index in [-0.39, 0.29) is 0 Å². The van der Waals surface area contributed by atoms with Crippen molar-refractivity contribution in [2.45, 2.75) is 77.7 Å². The lowest BCUT2D eigenvalue weighted by Gasteiger charge is -2.26. The van der Waals surface area contributed by atoms with Gasteiger partial charge in [0, 0.05) is 26.9 Å². The first-order valence-corrected chi connectivity index (χ1v) is 9.92. The quantitative estimate of drug-likeness (QED) is 0.340. The maximum Gasteiger partial charge on any atom is 0.500 e. The van der Waals surface area contributed by atoms with Crippen molar-refractivity contribution >= 4 is 8.80 Å². The normalized spacial score (nSPS) is 12.0. The summed E-state index contributed by atoms with van der Waals surface area (Å²) >= 11 is 0. The molecule has 0 aliphatic heterocycles. The van der Waals surface area contributed by atoms with Gasteiger partial charge in [0.25, 0.3) is 0 Å². The fourth-order valence-corrected chi connectivity index (χ4v) is 4.27. The molecule has 0 saturated heterocycles. The monoisotopic (exact) mass is 290 g/mol. The number of unbranched alkanes of at least 4 members (excludes halogenated alkanes) is 7. The van der Waals surface area contributed by atoms with Gasteiger partial charge in [0.2, 0.25) is 0 Å². The second kappa shape index (κ2) is 13.1. The molecule has 0 aliphatic carbocycles. The summed E-state index contributed by atoms with van der Waals surface area (Å²) in [5, 5.41) is 0. The smallest absolute Gasteiger partial charge is 0.377 e. The van der Waals surface area contributed by atoms with Crippen LogP contribution in [-0.4, -0.2) is 29.6 Å². The standard InChI is InChI=1S/C15H34O3Si/c1-5-7-9-11-12-14-18-19(16-3,17-4)15-13-10-8-6-2/h5-15H2,1-4H3. The molecule has 0 aromatic rings. The van der Waals surface area contributed by atoms with E-state index >= 15 is 0 Å². The minimum atomic E-state index is -2.36. The van der Waals surface area contributed by atoms with E-state index in [1.54, 1.807) is 14.2 Å². The molecule has 0 atom stereocenters. The molecule has 0 N–H and O–H groups in total. The molecule has 0 radical (unpaired) electrons. The molecule has 0 aromatic carbocycles. The van der Waals surface area contributed by atoms with Crippen molar-refractivity contribution in [2.24, 2.45) is 0 Å².